The van der Waals surface area contributed by atoms with Gasteiger partial charge in [-0.15, -0.1) is 0 Å². The van der Waals surface area contributed by atoms with Crippen LogP contribution in [0.1, 0.15) is 5.56 Å². The molecule has 0 saturated carbocycles. The van der Waals surface area contributed by atoms with Gasteiger partial charge in [-0.25, -0.2) is 0 Å². The first-order chi connectivity index (χ1) is 11.4. The van der Waals surface area contributed by atoms with E-state index >= 15 is 0 Å². The fourth-order valence-corrected chi connectivity index (χ4v) is 2.77. The first-order valence-electron chi connectivity index (χ1n) is 7.74. The zero-order valence-corrected chi connectivity index (χ0v) is 12.7. The van der Waals surface area contributed by atoms with Crippen molar-refractivity contribution in [2.24, 2.45) is 0 Å². The van der Waals surface area contributed by atoms with E-state index in [-0.39, 0.29) is 0 Å². The number of fused-ring (bicyclic) bond motifs is 1. The van der Waals surface area contributed by atoms with E-state index in [9.17, 15) is 0 Å². The molecule has 0 atom stereocenters. The lowest BCUT2D eigenvalue weighted by Gasteiger charge is -2.10. The smallest absolute Gasteiger partial charge is 0.129 e. The summed E-state index contributed by atoms with van der Waals surface area (Å²) in [4.78, 5) is 3.47. The third-order valence-electron chi connectivity index (χ3n) is 3.94. The van der Waals surface area contributed by atoms with Gasteiger partial charge in [0.25, 0.3) is 0 Å². The van der Waals surface area contributed by atoms with Gasteiger partial charge in [-0.1, -0.05) is 60.7 Å². The number of aromatic nitrogens is 1. The van der Waals surface area contributed by atoms with Crippen LogP contribution in [0.25, 0.3) is 22.2 Å². The summed E-state index contributed by atoms with van der Waals surface area (Å²) in [6.07, 6.45) is 0. The number of nitrogens with one attached hydrogen (secondary N) is 1. The van der Waals surface area contributed by atoms with Crippen molar-refractivity contribution >= 4 is 10.9 Å². The summed E-state index contributed by atoms with van der Waals surface area (Å²) >= 11 is 0. The number of hydrogen-bond donors (Lipinski definition) is 1. The summed E-state index contributed by atoms with van der Waals surface area (Å²) in [6, 6.07) is 28.8. The molecule has 3 aromatic carbocycles. The van der Waals surface area contributed by atoms with Crippen LogP contribution in [0, 0.1) is 0 Å². The monoisotopic (exact) mass is 299 g/mol. The lowest BCUT2D eigenvalue weighted by atomic mass is 10.1. The summed E-state index contributed by atoms with van der Waals surface area (Å²) in [5, 5.41) is 1.21. The fraction of sp³-hybridized carbons (Fsp3) is 0.0476. The Bertz CT molecular complexity index is 892. The van der Waals surface area contributed by atoms with Crippen LogP contribution in [0.15, 0.2) is 84.9 Å². The van der Waals surface area contributed by atoms with E-state index in [1.165, 1.54) is 10.9 Å². The van der Waals surface area contributed by atoms with Gasteiger partial charge in [-0.05, 0) is 29.8 Å². The molecule has 112 valence electrons. The lowest BCUT2D eigenvalue weighted by Crippen LogP contribution is -1.96. The number of H-pyrrole nitrogens is 1. The minimum atomic E-state index is 0.568. The summed E-state index contributed by atoms with van der Waals surface area (Å²) in [7, 11) is 0. The number of ether oxygens (including phenoxy) is 1. The van der Waals surface area contributed by atoms with Gasteiger partial charge in [0.2, 0.25) is 0 Å². The highest BCUT2D eigenvalue weighted by molar-refractivity contribution is 5.86. The molecule has 0 aliphatic carbocycles. The summed E-state index contributed by atoms with van der Waals surface area (Å²) in [6.45, 7) is 0.568. The van der Waals surface area contributed by atoms with Crippen molar-refractivity contribution in [1.82, 2.24) is 4.98 Å². The Labute approximate surface area is 135 Å². The van der Waals surface area contributed by atoms with Gasteiger partial charge >= 0.3 is 0 Å². The Morgan fingerprint density at radius 2 is 1.48 bits per heavy atom. The van der Waals surface area contributed by atoms with E-state index in [4.69, 9.17) is 4.74 Å². The topological polar surface area (TPSA) is 25.0 Å². The van der Waals surface area contributed by atoms with Crippen molar-refractivity contribution in [1.29, 1.82) is 0 Å². The molecule has 4 aromatic rings. The number of aromatic amines is 1. The predicted octanol–water partition coefficient (Wildman–Crippen LogP) is 5.41. The van der Waals surface area contributed by atoms with E-state index in [2.05, 4.69) is 47.4 Å². The van der Waals surface area contributed by atoms with Crippen LogP contribution in [0.2, 0.25) is 0 Å². The third-order valence-corrected chi connectivity index (χ3v) is 3.94. The van der Waals surface area contributed by atoms with Gasteiger partial charge in [0.15, 0.2) is 0 Å². The Balaban J connectivity index is 1.66. The maximum Gasteiger partial charge on any atom is 0.129 e. The quantitative estimate of drug-likeness (QED) is 0.535. The summed E-state index contributed by atoms with van der Waals surface area (Å²) < 4.78 is 6.05. The van der Waals surface area contributed by atoms with Crippen molar-refractivity contribution < 1.29 is 4.74 Å². The second kappa shape index (κ2) is 6.01. The second-order valence-corrected chi connectivity index (χ2v) is 5.54. The van der Waals surface area contributed by atoms with E-state index in [1.54, 1.807) is 0 Å². The number of benzene rings is 3. The number of para-hydroxylation sites is 2. The highest BCUT2D eigenvalue weighted by atomic mass is 16.5. The summed E-state index contributed by atoms with van der Waals surface area (Å²) in [5.74, 6) is 0.892. The Morgan fingerprint density at radius 1 is 0.739 bits per heavy atom. The minimum Gasteiger partial charge on any atom is -0.488 e. The Morgan fingerprint density at radius 3 is 2.35 bits per heavy atom. The van der Waals surface area contributed by atoms with E-state index in [1.807, 2.05) is 42.5 Å². The van der Waals surface area contributed by atoms with Crippen molar-refractivity contribution in [3.05, 3.63) is 90.5 Å². The Kier molecular flexibility index (Phi) is 3.57. The third kappa shape index (κ3) is 2.84. The maximum absolute atomic E-state index is 6.05. The van der Waals surface area contributed by atoms with Crippen LogP contribution in [0.5, 0.6) is 5.75 Å². The molecule has 0 fully saturated rings. The SMILES string of the molecule is c1ccc(COc2ccccc2-c2cc3ccccc3[nH]2)cc1. The van der Waals surface area contributed by atoms with Crippen LogP contribution >= 0.6 is 0 Å². The average molecular weight is 299 g/mol. The predicted molar refractivity (Wildman–Crippen MR) is 94.5 cm³/mol. The summed E-state index contributed by atoms with van der Waals surface area (Å²) in [5.41, 5.74) is 4.47. The molecule has 0 aliphatic rings. The lowest BCUT2D eigenvalue weighted by molar-refractivity contribution is 0.307. The molecule has 0 saturated heterocycles. The van der Waals surface area contributed by atoms with E-state index in [0.29, 0.717) is 6.61 Å². The van der Waals surface area contributed by atoms with E-state index < -0.39 is 0 Å². The van der Waals surface area contributed by atoms with Gasteiger partial charge in [-0.3, -0.25) is 0 Å². The normalized spacial score (nSPS) is 10.8. The molecular weight excluding hydrogens is 282 g/mol. The van der Waals surface area contributed by atoms with Gasteiger partial charge in [0, 0.05) is 16.5 Å². The molecule has 2 heteroatoms. The number of rotatable bonds is 4. The molecule has 0 spiro atoms. The van der Waals surface area contributed by atoms with Crippen LogP contribution in [0.3, 0.4) is 0 Å². The molecule has 1 aromatic heterocycles. The van der Waals surface area contributed by atoms with Crippen LogP contribution in [-0.2, 0) is 6.61 Å². The second-order valence-electron chi connectivity index (χ2n) is 5.54. The average Bonchev–Trinajstić information content (AvgIpc) is 3.05. The minimum absolute atomic E-state index is 0.568. The zero-order valence-electron chi connectivity index (χ0n) is 12.7. The first-order valence-corrected chi connectivity index (χ1v) is 7.74. The van der Waals surface area contributed by atoms with Crippen molar-refractivity contribution in [3.8, 4) is 17.0 Å². The molecule has 0 radical (unpaired) electrons. The fourth-order valence-electron chi connectivity index (χ4n) is 2.77. The zero-order chi connectivity index (χ0) is 15.5. The molecule has 0 aliphatic heterocycles. The molecule has 0 bridgehead atoms. The van der Waals surface area contributed by atoms with Gasteiger partial charge in [0.05, 0.1) is 5.69 Å². The molecule has 1 N–H and O–H groups in total. The molecule has 0 unspecified atom stereocenters. The Hall–Kier alpha value is -3.00. The van der Waals surface area contributed by atoms with Gasteiger partial charge < -0.3 is 9.72 Å². The highest BCUT2D eigenvalue weighted by Crippen LogP contribution is 2.32. The van der Waals surface area contributed by atoms with Gasteiger partial charge in [-0.2, -0.15) is 0 Å². The highest BCUT2D eigenvalue weighted by Gasteiger charge is 2.09. The standard InChI is InChI=1S/C21H17NO/c1-2-8-16(9-3-1)15-23-21-13-7-5-11-18(21)20-14-17-10-4-6-12-19(17)22-20/h1-14,22H,15H2. The first kappa shape index (κ1) is 13.6. The molecule has 1 heterocycles. The molecule has 23 heavy (non-hydrogen) atoms. The van der Waals surface area contributed by atoms with Crippen LogP contribution < -0.4 is 4.74 Å². The maximum atomic E-state index is 6.05. The van der Waals surface area contributed by atoms with Crippen LogP contribution in [-0.4, -0.2) is 4.98 Å². The largest absolute Gasteiger partial charge is 0.488 e. The van der Waals surface area contributed by atoms with E-state index in [0.717, 1.165) is 22.5 Å². The molecule has 4 rings (SSSR count). The van der Waals surface area contributed by atoms with Gasteiger partial charge in [0.1, 0.15) is 12.4 Å². The van der Waals surface area contributed by atoms with Crippen molar-refractivity contribution in [2.45, 2.75) is 6.61 Å². The molecular formula is C21H17NO. The molecule has 0 amide bonds. The number of hydrogen-bond acceptors (Lipinski definition) is 1. The molecule has 2 nitrogen and oxygen atoms in total. The van der Waals surface area contributed by atoms with Crippen LogP contribution in [0.4, 0.5) is 0 Å². The van der Waals surface area contributed by atoms with Crippen molar-refractivity contribution in [2.75, 3.05) is 0 Å². The van der Waals surface area contributed by atoms with Crippen molar-refractivity contribution in [3.63, 3.8) is 0 Å².